The molecule has 0 spiro atoms. The molecule has 6 heteroatoms. The van der Waals surface area contributed by atoms with Gasteiger partial charge in [-0.1, -0.05) is 59.6 Å². The third kappa shape index (κ3) is 3.31. The normalized spacial score (nSPS) is 15.4. The second-order valence-electron chi connectivity index (χ2n) is 8.10. The van der Waals surface area contributed by atoms with E-state index >= 15 is 0 Å². The van der Waals surface area contributed by atoms with Crippen LogP contribution >= 0.6 is 23.2 Å². The van der Waals surface area contributed by atoms with Crippen LogP contribution in [-0.2, 0) is 6.54 Å². The molecular formula is C26H19Cl2NO3. The Morgan fingerprint density at radius 3 is 2.34 bits per heavy atom. The summed E-state index contributed by atoms with van der Waals surface area (Å²) >= 11 is 12.4. The van der Waals surface area contributed by atoms with E-state index in [1.54, 1.807) is 23.1 Å². The van der Waals surface area contributed by atoms with Gasteiger partial charge in [-0.3, -0.25) is 9.59 Å². The highest BCUT2D eigenvalue weighted by Crippen LogP contribution is 2.40. The zero-order chi connectivity index (χ0) is 22.6. The van der Waals surface area contributed by atoms with Gasteiger partial charge in [0.2, 0.25) is 5.76 Å². The number of carbonyl (C=O) groups is 1. The quantitative estimate of drug-likeness (QED) is 0.350. The Labute approximate surface area is 195 Å². The summed E-state index contributed by atoms with van der Waals surface area (Å²) in [6.07, 6.45) is 0. The number of amides is 1. The van der Waals surface area contributed by atoms with E-state index in [0.717, 1.165) is 16.7 Å². The van der Waals surface area contributed by atoms with E-state index in [-0.39, 0.29) is 17.1 Å². The zero-order valence-corrected chi connectivity index (χ0v) is 19.0. The highest BCUT2D eigenvalue weighted by atomic mass is 35.5. The number of carbonyl (C=O) groups excluding carboxylic acids is 1. The van der Waals surface area contributed by atoms with Crippen molar-refractivity contribution in [1.29, 1.82) is 0 Å². The van der Waals surface area contributed by atoms with Crippen LogP contribution < -0.4 is 5.43 Å². The summed E-state index contributed by atoms with van der Waals surface area (Å²) in [5, 5.41) is 1.24. The SMILES string of the molecule is Cc1cc2oc3c(c(=O)c2cc1C)C(c1ccc(Cl)c(Cl)c1)N(Cc1ccccc1)C3=O. The Hall–Kier alpha value is -3.08. The molecule has 3 aromatic carbocycles. The minimum absolute atomic E-state index is 0.0813. The van der Waals surface area contributed by atoms with Crippen LogP contribution in [0.25, 0.3) is 11.0 Å². The van der Waals surface area contributed by atoms with Crippen molar-refractivity contribution in [3.63, 3.8) is 0 Å². The van der Waals surface area contributed by atoms with E-state index in [1.165, 1.54) is 0 Å². The van der Waals surface area contributed by atoms with Gasteiger partial charge in [0.15, 0.2) is 5.43 Å². The number of rotatable bonds is 3. The number of fused-ring (bicyclic) bond motifs is 2. The predicted octanol–water partition coefficient (Wildman–Crippen LogP) is 6.46. The van der Waals surface area contributed by atoms with Gasteiger partial charge in [0.05, 0.1) is 27.0 Å². The van der Waals surface area contributed by atoms with Gasteiger partial charge >= 0.3 is 0 Å². The average Bonchev–Trinajstić information content (AvgIpc) is 3.04. The van der Waals surface area contributed by atoms with E-state index in [4.69, 9.17) is 27.6 Å². The first-order chi connectivity index (χ1) is 15.3. The van der Waals surface area contributed by atoms with E-state index in [9.17, 15) is 9.59 Å². The molecule has 1 amide bonds. The summed E-state index contributed by atoms with van der Waals surface area (Å²) in [6, 6.07) is 17.8. The second-order valence-corrected chi connectivity index (χ2v) is 8.92. The number of halogens is 2. The van der Waals surface area contributed by atoms with Gasteiger partial charge in [-0.15, -0.1) is 0 Å². The van der Waals surface area contributed by atoms with Gasteiger partial charge in [0.25, 0.3) is 5.91 Å². The number of benzene rings is 3. The lowest BCUT2D eigenvalue weighted by atomic mass is 9.97. The second kappa shape index (κ2) is 7.80. The zero-order valence-electron chi connectivity index (χ0n) is 17.5. The topological polar surface area (TPSA) is 50.5 Å². The van der Waals surface area contributed by atoms with Crippen molar-refractivity contribution in [1.82, 2.24) is 4.90 Å². The van der Waals surface area contributed by atoms with E-state index in [2.05, 4.69) is 0 Å². The van der Waals surface area contributed by atoms with Crippen molar-refractivity contribution in [2.45, 2.75) is 26.4 Å². The Morgan fingerprint density at radius 1 is 0.906 bits per heavy atom. The molecule has 4 aromatic rings. The van der Waals surface area contributed by atoms with Gasteiger partial charge in [0, 0.05) is 6.54 Å². The molecule has 0 fully saturated rings. The van der Waals surface area contributed by atoms with Crippen LogP contribution in [0, 0.1) is 13.8 Å². The molecule has 0 saturated heterocycles. The summed E-state index contributed by atoms with van der Waals surface area (Å²) in [4.78, 5) is 28.8. The van der Waals surface area contributed by atoms with Crippen molar-refractivity contribution in [3.05, 3.63) is 115 Å². The maximum absolute atomic E-state index is 13.7. The maximum Gasteiger partial charge on any atom is 0.291 e. The van der Waals surface area contributed by atoms with Crippen molar-refractivity contribution < 1.29 is 9.21 Å². The predicted molar refractivity (Wildman–Crippen MR) is 127 cm³/mol. The number of aryl methyl sites for hydroxylation is 2. The molecule has 160 valence electrons. The molecule has 1 atom stereocenters. The first-order valence-electron chi connectivity index (χ1n) is 10.2. The van der Waals surface area contributed by atoms with Crippen LogP contribution in [0.4, 0.5) is 0 Å². The largest absolute Gasteiger partial charge is 0.450 e. The van der Waals surface area contributed by atoms with Crippen LogP contribution in [0.2, 0.25) is 10.0 Å². The van der Waals surface area contributed by atoms with Crippen molar-refractivity contribution >= 4 is 40.1 Å². The smallest absolute Gasteiger partial charge is 0.291 e. The fourth-order valence-corrected chi connectivity index (χ4v) is 4.55. The molecule has 0 aliphatic carbocycles. The minimum Gasteiger partial charge on any atom is -0.450 e. The number of hydrogen-bond donors (Lipinski definition) is 0. The van der Waals surface area contributed by atoms with E-state index in [0.29, 0.717) is 38.7 Å². The number of hydrogen-bond acceptors (Lipinski definition) is 3. The molecule has 4 nitrogen and oxygen atoms in total. The summed E-state index contributed by atoms with van der Waals surface area (Å²) < 4.78 is 6.06. The van der Waals surface area contributed by atoms with E-state index in [1.807, 2.05) is 56.3 Å². The first-order valence-corrected chi connectivity index (χ1v) is 11.0. The monoisotopic (exact) mass is 463 g/mol. The lowest BCUT2D eigenvalue weighted by molar-refractivity contribution is 0.0714. The summed E-state index contributed by atoms with van der Waals surface area (Å²) in [6.45, 7) is 4.22. The standard InChI is InChI=1S/C26H19Cl2NO3/c1-14-10-18-21(11-15(14)2)32-25-22(24(18)30)23(17-8-9-19(27)20(28)12-17)29(26(25)31)13-16-6-4-3-5-7-16/h3-12,23H,13H2,1-2H3. The van der Waals surface area contributed by atoms with Crippen LogP contribution in [-0.4, -0.2) is 10.8 Å². The molecule has 0 bridgehead atoms. The van der Waals surface area contributed by atoms with Crippen molar-refractivity contribution in [2.75, 3.05) is 0 Å². The third-order valence-electron chi connectivity index (χ3n) is 6.04. The van der Waals surface area contributed by atoms with Gasteiger partial charge in [-0.05, 0) is 60.4 Å². The summed E-state index contributed by atoms with van der Waals surface area (Å²) in [5.74, 6) is -0.241. The van der Waals surface area contributed by atoms with Gasteiger partial charge in [0.1, 0.15) is 5.58 Å². The van der Waals surface area contributed by atoms with Crippen LogP contribution in [0.15, 0.2) is 69.9 Å². The highest BCUT2D eigenvalue weighted by molar-refractivity contribution is 6.42. The molecule has 1 unspecified atom stereocenters. The van der Waals surface area contributed by atoms with Crippen LogP contribution in [0.1, 0.15) is 44.4 Å². The van der Waals surface area contributed by atoms with Gasteiger partial charge in [-0.25, -0.2) is 0 Å². The minimum atomic E-state index is -0.630. The lowest BCUT2D eigenvalue weighted by Crippen LogP contribution is -2.29. The van der Waals surface area contributed by atoms with Gasteiger partial charge < -0.3 is 9.32 Å². The van der Waals surface area contributed by atoms with Crippen LogP contribution in [0.5, 0.6) is 0 Å². The lowest BCUT2D eigenvalue weighted by Gasteiger charge is -2.25. The Bertz CT molecular complexity index is 1440. The molecular weight excluding hydrogens is 445 g/mol. The molecule has 5 rings (SSSR count). The first kappa shape index (κ1) is 20.8. The molecule has 0 saturated carbocycles. The summed E-state index contributed by atoms with van der Waals surface area (Å²) in [7, 11) is 0. The van der Waals surface area contributed by atoms with Gasteiger partial charge in [-0.2, -0.15) is 0 Å². The van der Waals surface area contributed by atoms with E-state index < -0.39 is 6.04 Å². The highest BCUT2D eigenvalue weighted by Gasteiger charge is 2.42. The molecule has 1 aliphatic rings. The Balaban J connectivity index is 1.76. The van der Waals surface area contributed by atoms with Crippen molar-refractivity contribution in [3.8, 4) is 0 Å². The molecule has 0 N–H and O–H groups in total. The molecule has 0 radical (unpaired) electrons. The average molecular weight is 464 g/mol. The number of nitrogens with zero attached hydrogens (tertiary/aromatic N) is 1. The fourth-order valence-electron chi connectivity index (χ4n) is 4.25. The van der Waals surface area contributed by atoms with Crippen molar-refractivity contribution in [2.24, 2.45) is 0 Å². The Kier molecular flexibility index (Phi) is 5.07. The van der Waals surface area contributed by atoms with Crippen LogP contribution in [0.3, 0.4) is 0 Å². The third-order valence-corrected chi connectivity index (χ3v) is 6.78. The molecule has 32 heavy (non-hydrogen) atoms. The maximum atomic E-state index is 13.7. The molecule has 1 aromatic heterocycles. The fraction of sp³-hybridized carbons (Fsp3) is 0.154. The summed E-state index contributed by atoms with van der Waals surface area (Å²) in [5.41, 5.74) is 4.18. The molecule has 1 aliphatic heterocycles. The molecule has 2 heterocycles. The Morgan fingerprint density at radius 2 is 1.62 bits per heavy atom.